The van der Waals surface area contributed by atoms with Gasteiger partial charge in [-0.2, -0.15) is 0 Å². The van der Waals surface area contributed by atoms with E-state index in [2.05, 4.69) is 11.9 Å². The van der Waals surface area contributed by atoms with Crippen LogP contribution in [0.15, 0.2) is 23.2 Å². The molecular formula is C13H19N3O2. The van der Waals surface area contributed by atoms with Gasteiger partial charge in [0.2, 0.25) is 0 Å². The molecule has 0 aromatic heterocycles. The first-order chi connectivity index (χ1) is 8.56. The van der Waals surface area contributed by atoms with Gasteiger partial charge >= 0.3 is 5.97 Å². The average molecular weight is 249 g/mol. The van der Waals surface area contributed by atoms with Crippen LogP contribution in [-0.4, -0.2) is 17.0 Å². The maximum atomic E-state index is 11.1. The highest BCUT2D eigenvalue weighted by Crippen LogP contribution is 2.26. The van der Waals surface area contributed by atoms with Crippen LogP contribution in [0.2, 0.25) is 0 Å². The molecule has 18 heavy (non-hydrogen) atoms. The van der Waals surface area contributed by atoms with Crippen LogP contribution >= 0.6 is 0 Å². The van der Waals surface area contributed by atoms with Crippen LogP contribution in [0.25, 0.3) is 0 Å². The third-order valence-corrected chi connectivity index (χ3v) is 2.64. The van der Waals surface area contributed by atoms with Gasteiger partial charge in [-0.05, 0) is 24.5 Å². The van der Waals surface area contributed by atoms with Crippen molar-refractivity contribution in [3.8, 4) is 0 Å². The number of aliphatic imine (C=N–C) groups is 1. The summed E-state index contributed by atoms with van der Waals surface area (Å²) in [6, 6.07) is 5.09. The Labute approximate surface area is 107 Å². The topological polar surface area (TPSA) is 102 Å². The van der Waals surface area contributed by atoms with E-state index in [0.717, 1.165) is 31.2 Å². The molecule has 0 fully saturated rings. The van der Waals surface area contributed by atoms with Gasteiger partial charge in [0, 0.05) is 0 Å². The number of hydrogen-bond donors (Lipinski definition) is 3. The molecule has 0 saturated carbocycles. The lowest BCUT2D eigenvalue weighted by Gasteiger charge is -2.08. The molecule has 0 amide bonds. The molecule has 0 unspecified atom stereocenters. The number of nitrogens with zero attached hydrogens (tertiary/aromatic N) is 1. The summed E-state index contributed by atoms with van der Waals surface area (Å²) in [6.07, 6.45) is 3.97. The zero-order chi connectivity index (χ0) is 13.5. The maximum Gasteiger partial charge on any atom is 0.337 e. The highest BCUT2D eigenvalue weighted by molar-refractivity contribution is 5.96. The van der Waals surface area contributed by atoms with E-state index in [1.165, 1.54) is 6.07 Å². The van der Waals surface area contributed by atoms with Crippen LogP contribution < -0.4 is 11.5 Å². The fourth-order valence-electron chi connectivity index (χ4n) is 1.79. The molecule has 1 aromatic rings. The second-order valence-electron chi connectivity index (χ2n) is 4.11. The van der Waals surface area contributed by atoms with Gasteiger partial charge in [0.25, 0.3) is 0 Å². The van der Waals surface area contributed by atoms with E-state index in [-0.39, 0.29) is 11.5 Å². The lowest BCUT2D eigenvalue weighted by molar-refractivity contribution is 0.0697. The molecule has 0 aliphatic carbocycles. The molecule has 0 spiro atoms. The summed E-state index contributed by atoms with van der Waals surface area (Å²) in [4.78, 5) is 15.1. The molecule has 0 radical (unpaired) electrons. The van der Waals surface area contributed by atoms with Crippen molar-refractivity contribution in [3.05, 3.63) is 29.3 Å². The number of aromatic carboxylic acids is 1. The lowest BCUT2D eigenvalue weighted by atomic mass is 10.0. The number of unbranched alkanes of at least 4 members (excludes halogenated alkanes) is 2. The standard InChI is InChI=1S/C13H19N3O2/c1-2-3-4-6-9-7-5-8-10(12(17)18)11(9)16-13(14)15/h5,7-8H,2-4,6H2,1H3,(H,17,18)(H4,14,15,16). The van der Waals surface area contributed by atoms with E-state index in [4.69, 9.17) is 16.6 Å². The van der Waals surface area contributed by atoms with Gasteiger partial charge < -0.3 is 16.6 Å². The molecule has 0 saturated heterocycles. The molecule has 5 nitrogen and oxygen atoms in total. The summed E-state index contributed by atoms with van der Waals surface area (Å²) in [5.41, 5.74) is 12.1. The van der Waals surface area contributed by atoms with E-state index < -0.39 is 5.97 Å². The van der Waals surface area contributed by atoms with Crippen molar-refractivity contribution in [2.45, 2.75) is 32.6 Å². The normalized spacial score (nSPS) is 10.1. The van der Waals surface area contributed by atoms with Gasteiger partial charge in [-0.15, -0.1) is 0 Å². The largest absolute Gasteiger partial charge is 0.478 e. The second kappa shape index (κ2) is 6.64. The average Bonchev–Trinajstić information content (AvgIpc) is 2.30. The molecule has 1 rings (SSSR count). The smallest absolute Gasteiger partial charge is 0.337 e. The molecule has 1 aromatic carbocycles. The number of carboxylic acid groups (broad SMARTS) is 1. The minimum atomic E-state index is -1.02. The van der Waals surface area contributed by atoms with Crippen molar-refractivity contribution >= 4 is 17.6 Å². The number of carboxylic acids is 1. The fraction of sp³-hybridized carbons (Fsp3) is 0.385. The second-order valence-corrected chi connectivity index (χ2v) is 4.11. The molecule has 0 atom stereocenters. The Bertz CT molecular complexity index is 452. The third kappa shape index (κ3) is 3.76. The zero-order valence-corrected chi connectivity index (χ0v) is 10.5. The number of carbonyl (C=O) groups is 1. The monoisotopic (exact) mass is 249 g/mol. The summed E-state index contributed by atoms with van der Waals surface area (Å²) in [6.45, 7) is 2.12. The molecule has 0 aliphatic rings. The number of rotatable bonds is 6. The van der Waals surface area contributed by atoms with E-state index in [1.807, 2.05) is 6.07 Å². The Kier molecular flexibility index (Phi) is 5.17. The zero-order valence-electron chi connectivity index (χ0n) is 10.5. The number of guanidine groups is 1. The molecule has 0 aliphatic heterocycles. The number of hydrogen-bond acceptors (Lipinski definition) is 2. The Hall–Kier alpha value is -2.04. The van der Waals surface area contributed by atoms with Crippen molar-refractivity contribution in [3.63, 3.8) is 0 Å². The van der Waals surface area contributed by atoms with Gasteiger partial charge in [0.05, 0.1) is 11.3 Å². The Morgan fingerprint density at radius 3 is 2.61 bits per heavy atom. The van der Waals surface area contributed by atoms with Gasteiger partial charge in [0.1, 0.15) is 0 Å². The quantitative estimate of drug-likeness (QED) is 0.408. The van der Waals surface area contributed by atoms with Crippen molar-refractivity contribution < 1.29 is 9.90 Å². The number of aryl methyl sites for hydroxylation is 1. The molecular weight excluding hydrogens is 230 g/mol. The van der Waals surface area contributed by atoms with Crippen LogP contribution in [0, 0.1) is 0 Å². The number of nitrogens with two attached hydrogens (primary N) is 2. The Morgan fingerprint density at radius 1 is 1.33 bits per heavy atom. The van der Waals surface area contributed by atoms with Crippen LogP contribution in [0.4, 0.5) is 5.69 Å². The van der Waals surface area contributed by atoms with Crippen LogP contribution in [0.1, 0.15) is 42.1 Å². The number of benzene rings is 1. The first-order valence-electron chi connectivity index (χ1n) is 6.01. The summed E-state index contributed by atoms with van der Waals surface area (Å²) in [7, 11) is 0. The van der Waals surface area contributed by atoms with Crippen LogP contribution in [0.3, 0.4) is 0 Å². The third-order valence-electron chi connectivity index (χ3n) is 2.64. The van der Waals surface area contributed by atoms with Crippen molar-refractivity contribution in [1.82, 2.24) is 0 Å². The summed E-state index contributed by atoms with van der Waals surface area (Å²) >= 11 is 0. The fourth-order valence-corrected chi connectivity index (χ4v) is 1.79. The predicted molar refractivity (Wildman–Crippen MR) is 72.1 cm³/mol. The minimum Gasteiger partial charge on any atom is -0.478 e. The molecule has 5 heteroatoms. The highest BCUT2D eigenvalue weighted by Gasteiger charge is 2.13. The maximum absolute atomic E-state index is 11.1. The Balaban J connectivity index is 3.11. The van der Waals surface area contributed by atoms with Crippen molar-refractivity contribution in [1.29, 1.82) is 0 Å². The van der Waals surface area contributed by atoms with E-state index in [9.17, 15) is 4.79 Å². The van der Waals surface area contributed by atoms with Gasteiger partial charge in [-0.25, -0.2) is 9.79 Å². The first kappa shape index (κ1) is 14.0. The summed E-state index contributed by atoms with van der Waals surface area (Å²) in [5, 5.41) is 9.12. The number of para-hydroxylation sites is 1. The van der Waals surface area contributed by atoms with Gasteiger partial charge in [0.15, 0.2) is 5.96 Å². The minimum absolute atomic E-state index is 0.125. The van der Waals surface area contributed by atoms with Gasteiger partial charge in [-0.3, -0.25) is 0 Å². The Morgan fingerprint density at radius 2 is 2.06 bits per heavy atom. The first-order valence-corrected chi connectivity index (χ1v) is 6.01. The highest BCUT2D eigenvalue weighted by atomic mass is 16.4. The van der Waals surface area contributed by atoms with Crippen molar-refractivity contribution in [2.75, 3.05) is 0 Å². The summed E-state index contributed by atoms with van der Waals surface area (Å²) in [5.74, 6) is -1.15. The van der Waals surface area contributed by atoms with E-state index in [0.29, 0.717) is 5.69 Å². The van der Waals surface area contributed by atoms with Crippen molar-refractivity contribution in [2.24, 2.45) is 16.5 Å². The molecule has 5 N–H and O–H groups in total. The molecule has 98 valence electrons. The summed E-state index contributed by atoms with van der Waals surface area (Å²) < 4.78 is 0. The SMILES string of the molecule is CCCCCc1cccc(C(=O)O)c1N=C(N)N. The van der Waals surface area contributed by atoms with Gasteiger partial charge in [-0.1, -0.05) is 31.9 Å². The van der Waals surface area contributed by atoms with Crippen LogP contribution in [0.5, 0.6) is 0 Å². The van der Waals surface area contributed by atoms with Crippen LogP contribution in [-0.2, 0) is 6.42 Å². The van der Waals surface area contributed by atoms with E-state index >= 15 is 0 Å². The predicted octanol–water partition coefficient (Wildman–Crippen LogP) is 2.02. The van der Waals surface area contributed by atoms with E-state index in [1.54, 1.807) is 6.07 Å². The molecule has 0 bridgehead atoms. The lowest BCUT2D eigenvalue weighted by Crippen LogP contribution is -2.22. The molecule has 0 heterocycles.